The van der Waals surface area contributed by atoms with Gasteiger partial charge in [0.1, 0.15) is 0 Å². The summed E-state index contributed by atoms with van der Waals surface area (Å²) in [5.74, 6) is 0. The molecule has 102 valence electrons. The summed E-state index contributed by atoms with van der Waals surface area (Å²) in [6.07, 6.45) is 4.92. The Morgan fingerprint density at radius 2 is 1.89 bits per heavy atom. The molecule has 1 rings (SSSR count). The Morgan fingerprint density at radius 3 is 2.44 bits per heavy atom. The van der Waals surface area contributed by atoms with Crippen LogP contribution in [0.4, 0.5) is 0 Å². The van der Waals surface area contributed by atoms with E-state index in [2.05, 4.69) is 55.0 Å². The molecule has 3 nitrogen and oxygen atoms in total. The van der Waals surface area contributed by atoms with Gasteiger partial charge in [0.2, 0.25) is 0 Å². The molecule has 0 aliphatic rings. The Kier molecular flexibility index (Phi) is 6.91. The predicted molar refractivity (Wildman–Crippen MR) is 77.5 cm³/mol. The standard InChI is InChI=1S/C15H27N3/c1-5-9-17-13(3)14(4)18(6-2)12-15-7-10-16-11-8-15/h7-8,10-11,13-14,17H,5-6,9,12H2,1-4H3. The van der Waals surface area contributed by atoms with E-state index in [1.807, 2.05) is 12.4 Å². The largest absolute Gasteiger partial charge is 0.313 e. The second kappa shape index (κ2) is 8.22. The topological polar surface area (TPSA) is 28.2 Å². The van der Waals surface area contributed by atoms with Crippen molar-refractivity contribution in [3.05, 3.63) is 30.1 Å². The summed E-state index contributed by atoms with van der Waals surface area (Å²) in [4.78, 5) is 6.57. The number of nitrogens with one attached hydrogen (secondary N) is 1. The molecule has 2 atom stereocenters. The van der Waals surface area contributed by atoms with Crippen molar-refractivity contribution in [3.8, 4) is 0 Å². The van der Waals surface area contributed by atoms with Crippen LogP contribution >= 0.6 is 0 Å². The molecule has 0 bridgehead atoms. The van der Waals surface area contributed by atoms with E-state index in [9.17, 15) is 0 Å². The van der Waals surface area contributed by atoms with Gasteiger partial charge in [0.05, 0.1) is 0 Å². The summed E-state index contributed by atoms with van der Waals surface area (Å²) >= 11 is 0. The van der Waals surface area contributed by atoms with E-state index >= 15 is 0 Å². The molecule has 18 heavy (non-hydrogen) atoms. The first-order valence-electron chi connectivity index (χ1n) is 7.05. The van der Waals surface area contributed by atoms with Gasteiger partial charge in [-0.15, -0.1) is 0 Å². The molecule has 0 spiro atoms. The van der Waals surface area contributed by atoms with Crippen molar-refractivity contribution in [1.82, 2.24) is 15.2 Å². The molecule has 0 fully saturated rings. The fraction of sp³-hybridized carbons (Fsp3) is 0.667. The predicted octanol–water partition coefficient (Wildman–Crippen LogP) is 2.68. The Morgan fingerprint density at radius 1 is 1.22 bits per heavy atom. The van der Waals surface area contributed by atoms with Crippen molar-refractivity contribution in [2.45, 2.75) is 52.7 Å². The summed E-state index contributed by atoms with van der Waals surface area (Å²) < 4.78 is 0. The van der Waals surface area contributed by atoms with Crippen LogP contribution in [-0.4, -0.2) is 35.1 Å². The van der Waals surface area contributed by atoms with E-state index in [1.165, 1.54) is 12.0 Å². The highest BCUT2D eigenvalue weighted by Gasteiger charge is 2.18. The Labute approximate surface area is 112 Å². The normalized spacial score (nSPS) is 14.7. The smallest absolute Gasteiger partial charge is 0.0271 e. The average Bonchev–Trinajstić information content (AvgIpc) is 2.42. The zero-order valence-electron chi connectivity index (χ0n) is 12.2. The third-order valence-electron chi connectivity index (χ3n) is 3.56. The first-order chi connectivity index (χ1) is 8.69. The maximum absolute atomic E-state index is 4.07. The zero-order valence-corrected chi connectivity index (χ0v) is 12.2. The monoisotopic (exact) mass is 249 g/mol. The van der Waals surface area contributed by atoms with Crippen LogP contribution in [0, 0.1) is 0 Å². The number of hydrogen-bond donors (Lipinski definition) is 1. The molecule has 0 radical (unpaired) electrons. The van der Waals surface area contributed by atoms with E-state index in [1.54, 1.807) is 0 Å². The quantitative estimate of drug-likeness (QED) is 0.768. The Hall–Kier alpha value is -0.930. The summed E-state index contributed by atoms with van der Waals surface area (Å²) in [6, 6.07) is 5.25. The van der Waals surface area contributed by atoms with Gasteiger partial charge in [0.15, 0.2) is 0 Å². The number of hydrogen-bond acceptors (Lipinski definition) is 3. The molecule has 0 aromatic carbocycles. The van der Waals surface area contributed by atoms with Crippen LogP contribution in [0.25, 0.3) is 0 Å². The molecule has 0 amide bonds. The lowest BCUT2D eigenvalue weighted by Gasteiger charge is -2.32. The van der Waals surface area contributed by atoms with Crippen LogP contribution in [0.1, 0.15) is 39.7 Å². The second-order valence-electron chi connectivity index (χ2n) is 4.90. The third-order valence-corrected chi connectivity index (χ3v) is 3.56. The van der Waals surface area contributed by atoms with Crippen LogP contribution in [0.2, 0.25) is 0 Å². The van der Waals surface area contributed by atoms with Crippen LogP contribution in [-0.2, 0) is 6.54 Å². The molecule has 0 saturated carbocycles. The maximum atomic E-state index is 4.07. The van der Waals surface area contributed by atoms with E-state index < -0.39 is 0 Å². The van der Waals surface area contributed by atoms with Gasteiger partial charge in [0.25, 0.3) is 0 Å². The van der Waals surface area contributed by atoms with Gasteiger partial charge in [-0.05, 0) is 51.1 Å². The van der Waals surface area contributed by atoms with E-state index in [0.717, 1.165) is 19.6 Å². The van der Waals surface area contributed by atoms with Gasteiger partial charge in [-0.2, -0.15) is 0 Å². The third kappa shape index (κ3) is 4.75. The Balaban J connectivity index is 2.54. The summed E-state index contributed by atoms with van der Waals surface area (Å²) in [6.45, 7) is 12.2. The van der Waals surface area contributed by atoms with Gasteiger partial charge in [0, 0.05) is 31.0 Å². The van der Waals surface area contributed by atoms with E-state index in [-0.39, 0.29) is 0 Å². The second-order valence-corrected chi connectivity index (χ2v) is 4.90. The number of aromatic nitrogens is 1. The first-order valence-corrected chi connectivity index (χ1v) is 7.05. The molecule has 0 aliphatic heterocycles. The number of nitrogens with zero attached hydrogens (tertiary/aromatic N) is 2. The lowest BCUT2D eigenvalue weighted by molar-refractivity contribution is 0.175. The highest BCUT2D eigenvalue weighted by Crippen LogP contribution is 2.10. The van der Waals surface area contributed by atoms with Crippen LogP contribution in [0.5, 0.6) is 0 Å². The minimum Gasteiger partial charge on any atom is -0.313 e. The zero-order chi connectivity index (χ0) is 13.4. The fourth-order valence-corrected chi connectivity index (χ4v) is 2.13. The van der Waals surface area contributed by atoms with Gasteiger partial charge in [-0.1, -0.05) is 13.8 Å². The van der Waals surface area contributed by atoms with Gasteiger partial charge < -0.3 is 5.32 Å². The number of pyridine rings is 1. The van der Waals surface area contributed by atoms with Crippen LogP contribution in [0.15, 0.2) is 24.5 Å². The number of likely N-dealkylation sites (N-methyl/N-ethyl adjacent to an activating group) is 1. The lowest BCUT2D eigenvalue weighted by Crippen LogP contribution is -2.46. The molecular weight excluding hydrogens is 222 g/mol. The molecule has 3 heteroatoms. The van der Waals surface area contributed by atoms with Gasteiger partial charge >= 0.3 is 0 Å². The van der Waals surface area contributed by atoms with Gasteiger partial charge in [-0.3, -0.25) is 9.88 Å². The summed E-state index contributed by atoms with van der Waals surface area (Å²) in [7, 11) is 0. The molecular formula is C15H27N3. The maximum Gasteiger partial charge on any atom is 0.0271 e. The minimum absolute atomic E-state index is 0.520. The highest BCUT2D eigenvalue weighted by molar-refractivity contribution is 5.09. The van der Waals surface area contributed by atoms with E-state index in [4.69, 9.17) is 0 Å². The SMILES string of the molecule is CCCNC(C)C(C)N(CC)Cc1ccncc1. The molecule has 1 N–H and O–H groups in total. The van der Waals surface area contributed by atoms with Crippen molar-refractivity contribution in [2.75, 3.05) is 13.1 Å². The van der Waals surface area contributed by atoms with Crippen molar-refractivity contribution >= 4 is 0 Å². The van der Waals surface area contributed by atoms with E-state index in [0.29, 0.717) is 12.1 Å². The highest BCUT2D eigenvalue weighted by atomic mass is 15.2. The van der Waals surface area contributed by atoms with Crippen molar-refractivity contribution in [3.63, 3.8) is 0 Å². The summed E-state index contributed by atoms with van der Waals surface area (Å²) in [5.41, 5.74) is 1.33. The first kappa shape index (κ1) is 15.1. The Bertz CT molecular complexity index is 313. The minimum atomic E-state index is 0.520. The molecule has 2 unspecified atom stereocenters. The average molecular weight is 249 g/mol. The lowest BCUT2D eigenvalue weighted by atomic mass is 10.1. The van der Waals surface area contributed by atoms with Crippen LogP contribution in [0.3, 0.4) is 0 Å². The van der Waals surface area contributed by atoms with Crippen LogP contribution < -0.4 is 5.32 Å². The molecule has 0 aliphatic carbocycles. The fourth-order valence-electron chi connectivity index (χ4n) is 2.13. The number of rotatable bonds is 8. The van der Waals surface area contributed by atoms with Crippen molar-refractivity contribution in [1.29, 1.82) is 0 Å². The molecule has 0 saturated heterocycles. The molecule has 1 heterocycles. The summed E-state index contributed by atoms with van der Waals surface area (Å²) in [5, 5.41) is 3.58. The van der Waals surface area contributed by atoms with Crippen molar-refractivity contribution in [2.24, 2.45) is 0 Å². The van der Waals surface area contributed by atoms with Gasteiger partial charge in [-0.25, -0.2) is 0 Å². The van der Waals surface area contributed by atoms with Crippen molar-refractivity contribution < 1.29 is 0 Å². The molecule has 1 aromatic rings. The molecule has 1 aromatic heterocycles.